The molecule has 1 aromatic carbocycles. The predicted octanol–water partition coefficient (Wildman–Crippen LogP) is 2.34. The molecule has 0 aromatic heterocycles. The third-order valence-electron chi connectivity index (χ3n) is 3.11. The molecule has 14 heavy (non-hydrogen) atoms. The lowest BCUT2D eigenvalue weighted by atomic mass is 10.1. The highest BCUT2D eigenvalue weighted by Gasteiger charge is 2.60. The molecule has 1 saturated carbocycles. The minimum atomic E-state index is -0.0112. The van der Waals surface area contributed by atoms with E-state index in [-0.39, 0.29) is 11.9 Å². The molecule has 0 amide bonds. The summed E-state index contributed by atoms with van der Waals surface area (Å²) in [4.78, 5) is 11.2. The first kappa shape index (κ1) is 8.48. The molecule has 0 spiro atoms. The number of halogens is 1. The van der Waals surface area contributed by atoms with Gasteiger partial charge in [0.2, 0.25) is 0 Å². The largest absolute Gasteiger partial charge is 0.465 e. The minimum absolute atomic E-state index is 0.0112. The van der Waals surface area contributed by atoms with E-state index in [0.29, 0.717) is 18.4 Å². The summed E-state index contributed by atoms with van der Waals surface area (Å²) in [6.45, 7) is 0.615. The summed E-state index contributed by atoms with van der Waals surface area (Å²) in [5.41, 5.74) is 1.26. The first-order chi connectivity index (χ1) is 6.77. The van der Waals surface area contributed by atoms with Gasteiger partial charge >= 0.3 is 5.97 Å². The molecule has 1 aliphatic heterocycles. The summed E-state index contributed by atoms with van der Waals surface area (Å²) < 4.78 is 6.02. The lowest BCUT2D eigenvalue weighted by molar-refractivity contribution is -0.141. The van der Waals surface area contributed by atoms with Crippen molar-refractivity contribution in [3.05, 3.63) is 34.3 Å². The Kier molecular flexibility index (Phi) is 1.71. The molecule has 0 radical (unpaired) electrons. The van der Waals surface area contributed by atoms with Gasteiger partial charge in [-0.15, -0.1) is 0 Å². The number of rotatable bonds is 1. The maximum atomic E-state index is 11.2. The van der Waals surface area contributed by atoms with E-state index in [9.17, 15) is 4.79 Å². The van der Waals surface area contributed by atoms with E-state index in [0.717, 1.165) is 4.47 Å². The van der Waals surface area contributed by atoms with Crippen molar-refractivity contribution in [3.63, 3.8) is 0 Å². The Labute approximate surface area is 90.4 Å². The van der Waals surface area contributed by atoms with Crippen LogP contribution in [0.1, 0.15) is 11.5 Å². The molecular formula is C11H9BrO2. The number of hydrogen-bond donors (Lipinski definition) is 0. The lowest BCUT2D eigenvalue weighted by Crippen LogP contribution is -2.04. The Morgan fingerprint density at radius 2 is 1.93 bits per heavy atom. The van der Waals surface area contributed by atoms with Crippen molar-refractivity contribution >= 4 is 21.9 Å². The molecule has 0 N–H and O–H groups in total. The summed E-state index contributed by atoms with van der Waals surface area (Å²) in [5, 5.41) is 0. The molecular weight excluding hydrogens is 244 g/mol. The van der Waals surface area contributed by atoms with Crippen molar-refractivity contribution < 1.29 is 9.53 Å². The Bertz CT molecular complexity index is 385. The molecule has 72 valence electrons. The van der Waals surface area contributed by atoms with E-state index < -0.39 is 0 Å². The van der Waals surface area contributed by atoms with Crippen LogP contribution in [0.2, 0.25) is 0 Å². The van der Waals surface area contributed by atoms with E-state index >= 15 is 0 Å². The molecule has 1 heterocycles. The average Bonchev–Trinajstić information content (AvgIpc) is 2.79. The standard InChI is InChI=1S/C11H9BrO2/c12-7-3-1-6(2-4-7)9-8-5-14-11(13)10(8)9/h1-4,8-10H,5H2/t8-,9-,10-/m0/s1. The highest BCUT2D eigenvalue weighted by molar-refractivity contribution is 9.10. The summed E-state index contributed by atoms with van der Waals surface area (Å²) in [6, 6.07) is 8.21. The van der Waals surface area contributed by atoms with Crippen LogP contribution in [0.15, 0.2) is 28.7 Å². The van der Waals surface area contributed by atoms with Crippen LogP contribution in [0.4, 0.5) is 0 Å². The van der Waals surface area contributed by atoms with Crippen molar-refractivity contribution in [1.29, 1.82) is 0 Å². The smallest absolute Gasteiger partial charge is 0.310 e. The third kappa shape index (κ3) is 1.12. The molecule has 0 bridgehead atoms. The first-order valence-corrected chi connectivity index (χ1v) is 5.49. The molecule has 1 aromatic rings. The normalized spacial score (nSPS) is 33.8. The van der Waals surface area contributed by atoms with Gasteiger partial charge in [-0.2, -0.15) is 0 Å². The maximum absolute atomic E-state index is 11.2. The van der Waals surface area contributed by atoms with Crippen LogP contribution in [-0.2, 0) is 9.53 Å². The van der Waals surface area contributed by atoms with Gasteiger partial charge < -0.3 is 4.74 Å². The van der Waals surface area contributed by atoms with Gasteiger partial charge in [-0.25, -0.2) is 0 Å². The van der Waals surface area contributed by atoms with Crippen LogP contribution in [0.3, 0.4) is 0 Å². The van der Waals surface area contributed by atoms with Crippen LogP contribution in [0.25, 0.3) is 0 Å². The van der Waals surface area contributed by atoms with Crippen molar-refractivity contribution in [3.8, 4) is 0 Å². The molecule has 3 heteroatoms. The quantitative estimate of drug-likeness (QED) is 0.718. The molecule has 3 atom stereocenters. The monoisotopic (exact) mass is 252 g/mol. The van der Waals surface area contributed by atoms with E-state index in [1.165, 1.54) is 5.56 Å². The van der Waals surface area contributed by atoms with Crippen LogP contribution < -0.4 is 0 Å². The Hall–Kier alpha value is -0.830. The topological polar surface area (TPSA) is 26.3 Å². The van der Waals surface area contributed by atoms with E-state index in [2.05, 4.69) is 28.1 Å². The van der Waals surface area contributed by atoms with E-state index in [1.54, 1.807) is 0 Å². The Morgan fingerprint density at radius 3 is 2.50 bits per heavy atom. The van der Waals surface area contributed by atoms with Gasteiger partial charge in [-0.3, -0.25) is 4.79 Å². The zero-order valence-corrected chi connectivity index (χ0v) is 9.03. The van der Waals surface area contributed by atoms with Gasteiger partial charge in [0.1, 0.15) is 0 Å². The number of benzene rings is 1. The zero-order chi connectivity index (χ0) is 9.71. The molecule has 1 saturated heterocycles. The fourth-order valence-electron chi connectivity index (χ4n) is 2.32. The highest BCUT2D eigenvalue weighted by atomic mass is 79.9. The SMILES string of the molecule is O=C1OC[C@@H]2[C@H]1[C@H]2c1ccc(Br)cc1. The Balaban J connectivity index is 1.86. The van der Waals surface area contributed by atoms with Crippen LogP contribution in [0.5, 0.6) is 0 Å². The van der Waals surface area contributed by atoms with Crippen LogP contribution >= 0.6 is 15.9 Å². The van der Waals surface area contributed by atoms with Gasteiger partial charge in [0.05, 0.1) is 12.5 Å². The lowest BCUT2D eigenvalue weighted by Gasteiger charge is -2.03. The van der Waals surface area contributed by atoms with Crippen molar-refractivity contribution in [1.82, 2.24) is 0 Å². The molecule has 0 unspecified atom stereocenters. The summed E-state index contributed by atoms with van der Waals surface area (Å²) >= 11 is 3.40. The van der Waals surface area contributed by atoms with Crippen LogP contribution in [0, 0.1) is 11.8 Å². The molecule has 3 rings (SSSR count). The first-order valence-electron chi connectivity index (χ1n) is 4.69. The number of esters is 1. The second-order valence-electron chi connectivity index (χ2n) is 3.90. The number of carbonyl (C=O) groups excluding carboxylic acids is 1. The summed E-state index contributed by atoms with van der Waals surface area (Å²) in [7, 11) is 0. The van der Waals surface area contributed by atoms with Crippen molar-refractivity contribution in [2.75, 3.05) is 6.61 Å². The van der Waals surface area contributed by atoms with E-state index in [4.69, 9.17) is 4.74 Å². The minimum Gasteiger partial charge on any atom is -0.465 e. The third-order valence-corrected chi connectivity index (χ3v) is 3.64. The van der Waals surface area contributed by atoms with Gasteiger partial charge in [-0.05, 0) is 17.7 Å². The molecule has 2 nitrogen and oxygen atoms in total. The fourth-order valence-corrected chi connectivity index (χ4v) is 2.58. The molecule has 2 aliphatic rings. The van der Waals surface area contributed by atoms with Crippen molar-refractivity contribution in [2.45, 2.75) is 5.92 Å². The van der Waals surface area contributed by atoms with Gasteiger partial charge in [-0.1, -0.05) is 28.1 Å². The van der Waals surface area contributed by atoms with Crippen molar-refractivity contribution in [2.24, 2.45) is 11.8 Å². The van der Waals surface area contributed by atoms with Gasteiger partial charge in [0.25, 0.3) is 0 Å². The predicted molar refractivity (Wildman–Crippen MR) is 54.8 cm³/mol. The molecule has 2 fully saturated rings. The van der Waals surface area contributed by atoms with E-state index in [1.807, 2.05) is 12.1 Å². The number of hydrogen-bond acceptors (Lipinski definition) is 2. The number of ether oxygens (including phenoxy) is 1. The maximum Gasteiger partial charge on any atom is 0.310 e. The van der Waals surface area contributed by atoms with Gasteiger partial charge in [0.15, 0.2) is 0 Å². The fraction of sp³-hybridized carbons (Fsp3) is 0.364. The number of carbonyl (C=O) groups is 1. The van der Waals surface area contributed by atoms with Crippen LogP contribution in [-0.4, -0.2) is 12.6 Å². The average molecular weight is 253 g/mol. The summed E-state index contributed by atoms with van der Waals surface area (Å²) in [6.07, 6.45) is 0. The molecule has 1 aliphatic carbocycles. The second kappa shape index (κ2) is 2.83. The van der Waals surface area contributed by atoms with Gasteiger partial charge in [0, 0.05) is 16.3 Å². The Morgan fingerprint density at radius 1 is 1.21 bits per heavy atom. The number of fused-ring (bicyclic) bond motifs is 1. The second-order valence-corrected chi connectivity index (χ2v) is 4.81. The zero-order valence-electron chi connectivity index (χ0n) is 7.44. The highest BCUT2D eigenvalue weighted by Crippen LogP contribution is 2.58. The number of cyclic esters (lactones) is 1. The summed E-state index contributed by atoms with van der Waals surface area (Å²) in [5.74, 6) is 1.01.